The van der Waals surface area contributed by atoms with Gasteiger partial charge in [0.25, 0.3) is 0 Å². The van der Waals surface area contributed by atoms with E-state index in [0.29, 0.717) is 41.4 Å². The van der Waals surface area contributed by atoms with E-state index in [-0.39, 0.29) is 23.6 Å². The third-order valence-electron chi connectivity index (χ3n) is 6.32. The van der Waals surface area contributed by atoms with Crippen molar-refractivity contribution in [2.24, 2.45) is 0 Å². The molecule has 4 heterocycles. The molecule has 34 heavy (non-hydrogen) atoms. The summed E-state index contributed by atoms with van der Waals surface area (Å²) in [5, 5.41) is 4.43. The zero-order chi connectivity index (χ0) is 24.0. The Bertz CT molecular complexity index is 1370. The van der Waals surface area contributed by atoms with E-state index in [4.69, 9.17) is 14.7 Å². The van der Waals surface area contributed by atoms with Crippen LogP contribution in [0.15, 0.2) is 30.6 Å². The zero-order valence-electron chi connectivity index (χ0n) is 19.6. The first kappa shape index (κ1) is 22.5. The Labute approximate surface area is 196 Å². The number of nitrogens with zero attached hydrogens (tertiary/aromatic N) is 6. The van der Waals surface area contributed by atoms with Crippen molar-refractivity contribution in [3.05, 3.63) is 65.0 Å². The Morgan fingerprint density at radius 2 is 1.85 bits per heavy atom. The number of ether oxygens (including phenoxy) is 1. The van der Waals surface area contributed by atoms with Gasteiger partial charge in [0.2, 0.25) is 0 Å². The van der Waals surface area contributed by atoms with Gasteiger partial charge in [0.1, 0.15) is 28.7 Å². The molecule has 0 N–H and O–H groups in total. The highest BCUT2D eigenvalue weighted by molar-refractivity contribution is 5.87. The first-order valence-corrected chi connectivity index (χ1v) is 11.4. The van der Waals surface area contributed by atoms with Gasteiger partial charge in [-0.3, -0.25) is 4.68 Å². The second kappa shape index (κ2) is 8.79. The van der Waals surface area contributed by atoms with Crippen molar-refractivity contribution in [1.82, 2.24) is 29.7 Å². The molecule has 1 aliphatic rings. The number of halogens is 2. The van der Waals surface area contributed by atoms with Gasteiger partial charge in [-0.15, -0.1) is 0 Å². The molecule has 5 rings (SSSR count). The molecule has 1 fully saturated rings. The van der Waals surface area contributed by atoms with Crippen molar-refractivity contribution in [2.45, 2.75) is 58.6 Å². The van der Waals surface area contributed by atoms with Gasteiger partial charge in [-0.2, -0.15) is 5.10 Å². The third kappa shape index (κ3) is 4.16. The standard InChI is InChI=1S/C25H26F2N6O/c1-13(2)33-12-17(11-28-33)21-9-16(7-8-34-21)24-31-22(19-6-5-18(26)10-20(19)27)23-25(32-24)30-15(4)14(3)29-23/h5-6,10-13,16,21H,7-9H2,1-4H3/t16-,21+/m0/s1. The lowest BCUT2D eigenvalue weighted by Crippen LogP contribution is -2.20. The second-order valence-electron chi connectivity index (χ2n) is 9.05. The molecule has 4 aromatic rings. The maximum absolute atomic E-state index is 14.8. The topological polar surface area (TPSA) is 78.6 Å². The molecule has 0 saturated carbocycles. The van der Waals surface area contributed by atoms with E-state index in [1.807, 2.05) is 30.9 Å². The number of aryl methyl sites for hydroxylation is 2. The monoisotopic (exact) mass is 464 g/mol. The maximum Gasteiger partial charge on any atom is 0.182 e. The van der Waals surface area contributed by atoms with Crippen molar-refractivity contribution in [2.75, 3.05) is 6.61 Å². The Morgan fingerprint density at radius 3 is 2.59 bits per heavy atom. The minimum Gasteiger partial charge on any atom is -0.373 e. The number of hydrogen-bond acceptors (Lipinski definition) is 6. The summed E-state index contributed by atoms with van der Waals surface area (Å²) in [6, 6.07) is 3.72. The lowest BCUT2D eigenvalue weighted by Gasteiger charge is -2.28. The maximum atomic E-state index is 14.8. The summed E-state index contributed by atoms with van der Waals surface area (Å²) in [5.41, 5.74) is 3.77. The van der Waals surface area contributed by atoms with E-state index in [2.05, 4.69) is 28.9 Å². The SMILES string of the molecule is Cc1nc2nc([C@H]3CCO[C@@H](c4cnn(C(C)C)c4)C3)nc(-c3ccc(F)cc3F)c2nc1C. The molecule has 2 atom stereocenters. The van der Waals surface area contributed by atoms with Crippen LogP contribution in [0, 0.1) is 25.5 Å². The molecular weight excluding hydrogens is 438 g/mol. The van der Waals surface area contributed by atoms with Gasteiger partial charge in [-0.25, -0.2) is 28.7 Å². The van der Waals surface area contributed by atoms with Gasteiger partial charge in [-0.05, 0) is 52.7 Å². The van der Waals surface area contributed by atoms with Crippen molar-refractivity contribution in [1.29, 1.82) is 0 Å². The van der Waals surface area contributed by atoms with Gasteiger partial charge in [0, 0.05) is 42.0 Å². The van der Waals surface area contributed by atoms with Gasteiger partial charge < -0.3 is 4.74 Å². The molecule has 1 saturated heterocycles. The lowest BCUT2D eigenvalue weighted by atomic mass is 9.92. The molecule has 176 valence electrons. The molecule has 0 radical (unpaired) electrons. The molecule has 3 aromatic heterocycles. The number of aromatic nitrogens is 6. The van der Waals surface area contributed by atoms with Crippen LogP contribution in [0.3, 0.4) is 0 Å². The van der Waals surface area contributed by atoms with E-state index < -0.39 is 11.6 Å². The van der Waals surface area contributed by atoms with Crippen LogP contribution in [0.4, 0.5) is 8.78 Å². The molecule has 0 spiro atoms. The minimum atomic E-state index is -0.697. The Kier molecular flexibility index (Phi) is 5.81. The Balaban J connectivity index is 1.58. The predicted octanol–water partition coefficient (Wildman–Crippen LogP) is 5.39. The first-order chi connectivity index (χ1) is 16.3. The average Bonchev–Trinajstić information content (AvgIpc) is 3.31. The fraction of sp³-hybridized carbons (Fsp3) is 0.400. The van der Waals surface area contributed by atoms with E-state index in [9.17, 15) is 8.78 Å². The van der Waals surface area contributed by atoms with Crippen LogP contribution in [-0.2, 0) is 4.74 Å². The van der Waals surface area contributed by atoms with Gasteiger partial charge >= 0.3 is 0 Å². The molecule has 0 bridgehead atoms. The van der Waals surface area contributed by atoms with E-state index in [0.717, 1.165) is 23.7 Å². The summed E-state index contributed by atoms with van der Waals surface area (Å²) in [5.74, 6) is -0.798. The second-order valence-corrected chi connectivity index (χ2v) is 9.05. The quantitative estimate of drug-likeness (QED) is 0.403. The summed E-state index contributed by atoms with van der Waals surface area (Å²) >= 11 is 0. The van der Waals surface area contributed by atoms with Crippen LogP contribution >= 0.6 is 0 Å². The molecule has 0 unspecified atom stereocenters. The molecular formula is C25H26F2N6O. The van der Waals surface area contributed by atoms with Crippen LogP contribution in [0.5, 0.6) is 0 Å². The summed E-state index contributed by atoms with van der Waals surface area (Å²) < 4.78 is 36.3. The predicted molar refractivity (Wildman–Crippen MR) is 123 cm³/mol. The minimum absolute atomic E-state index is 0.0174. The summed E-state index contributed by atoms with van der Waals surface area (Å²) in [4.78, 5) is 18.7. The Morgan fingerprint density at radius 1 is 1.06 bits per heavy atom. The van der Waals surface area contributed by atoms with Crippen molar-refractivity contribution < 1.29 is 13.5 Å². The number of hydrogen-bond donors (Lipinski definition) is 0. The lowest BCUT2D eigenvalue weighted by molar-refractivity contribution is 0.00395. The summed E-state index contributed by atoms with van der Waals surface area (Å²) in [6.07, 6.45) is 5.10. The smallest absolute Gasteiger partial charge is 0.182 e. The van der Waals surface area contributed by atoms with Gasteiger partial charge in [0.15, 0.2) is 5.65 Å². The molecule has 0 aliphatic carbocycles. The van der Waals surface area contributed by atoms with Gasteiger partial charge in [-0.1, -0.05) is 0 Å². The highest BCUT2D eigenvalue weighted by Gasteiger charge is 2.29. The number of benzene rings is 1. The number of fused-ring (bicyclic) bond motifs is 1. The highest BCUT2D eigenvalue weighted by atomic mass is 19.1. The van der Waals surface area contributed by atoms with Crippen LogP contribution < -0.4 is 0 Å². The average molecular weight is 465 g/mol. The summed E-state index contributed by atoms with van der Waals surface area (Å²) in [7, 11) is 0. The highest BCUT2D eigenvalue weighted by Crippen LogP contribution is 2.38. The molecule has 1 aliphatic heterocycles. The van der Waals surface area contributed by atoms with Crippen LogP contribution in [0.2, 0.25) is 0 Å². The van der Waals surface area contributed by atoms with E-state index >= 15 is 0 Å². The fourth-order valence-corrected chi connectivity index (χ4v) is 4.25. The van der Waals surface area contributed by atoms with Crippen molar-refractivity contribution in [3.8, 4) is 11.3 Å². The van der Waals surface area contributed by atoms with Crippen LogP contribution in [0.1, 0.15) is 67.5 Å². The zero-order valence-corrected chi connectivity index (χ0v) is 19.6. The largest absolute Gasteiger partial charge is 0.373 e. The molecule has 9 heteroatoms. The molecule has 1 aromatic carbocycles. The summed E-state index contributed by atoms with van der Waals surface area (Å²) in [6.45, 7) is 8.39. The fourth-order valence-electron chi connectivity index (χ4n) is 4.25. The van der Waals surface area contributed by atoms with E-state index in [1.54, 1.807) is 0 Å². The number of rotatable bonds is 4. The van der Waals surface area contributed by atoms with Crippen molar-refractivity contribution in [3.63, 3.8) is 0 Å². The molecule has 7 nitrogen and oxygen atoms in total. The normalized spacial score (nSPS) is 18.7. The molecule has 0 amide bonds. The third-order valence-corrected chi connectivity index (χ3v) is 6.32. The Hall–Kier alpha value is -3.33. The van der Waals surface area contributed by atoms with E-state index in [1.165, 1.54) is 12.1 Å². The van der Waals surface area contributed by atoms with Crippen LogP contribution in [-0.4, -0.2) is 36.3 Å². The van der Waals surface area contributed by atoms with Crippen LogP contribution in [0.25, 0.3) is 22.4 Å². The van der Waals surface area contributed by atoms with Gasteiger partial charge in [0.05, 0.1) is 23.7 Å². The van der Waals surface area contributed by atoms with Crippen molar-refractivity contribution >= 4 is 11.2 Å². The first-order valence-electron chi connectivity index (χ1n) is 11.4.